The molecule has 5 heteroatoms. The summed E-state index contributed by atoms with van der Waals surface area (Å²) in [5.41, 5.74) is 0.242. The van der Waals surface area contributed by atoms with Crippen LogP contribution in [0.4, 0.5) is 10.1 Å². The number of thioether (sulfide) groups is 1. The normalized spacial score (nSPS) is 9.65. The molecule has 2 N–H and O–H groups in total. The number of hydrogen-bond acceptors (Lipinski definition) is 3. The SMILES string of the molecule is C#CCSCCNc1ccc(C(=O)O)cc1F. The minimum Gasteiger partial charge on any atom is -0.478 e. The van der Waals surface area contributed by atoms with E-state index in [0.29, 0.717) is 18.0 Å². The number of hydrogen-bond donors (Lipinski definition) is 2. The van der Waals surface area contributed by atoms with E-state index in [1.54, 1.807) is 11.8 Å². The highest BCUT2D eigenvalue weighted by Crippen LogP contribution is 2.15. The Morgan fingerprint density at radius 3 is 2.94 bits per heavy atom. The van der Waals surface area contributed by atoms with E-state index in [1.165, 1.54) is 12.1 Å². The van der Waals surface area contributed by atoms with Gasteiger partial charge in [-0.2, -0.15) is 0 Å². The first-order chi connectivity index (χ1) is 8.15. The molecule has 0 spiro atoms. The van der Waals surface area contributed by atoms with Crippen LogP contribution in [0.3, 0.4) is 0 Å². The van der Waals surface area contributed by atoms with Crippen LogP contribution in [-0.2, 0) is 0 Å². The smallest absolute Gasteiger partial charge is 0.335 e. The van der Waals surface area contributed by atoms with Crippen LogP contribution in [0.15, 0.2) is 18.2 Å². The van der Waals surface area contributed by atoms with Crippen molar-refractivity contribution in [3.05, 3.63) is 29.6 Å². The van der Waals surface area contributed by atoms with Crippen molar-refractivity contribution in [1.82, 2.24) is 0 Å². The van der Waals surface area contributed by atoms with Crippen molar-refractivity contribution in [3.8, 4) is 12.3 Å². The van der Waals surface area contributed by atoms with E-state index in [2.05, 4.69) is 11.2 Å². The second kappa shape index (κ2) is 6.81. The molecule has 0 saturated heterocycles. The van der Waals surface area contributed by atoms with Crippen molar-refractivity contribution in [2.75, 3.05) is 23.4 Å². The predicted octanol–water partition coefficient (Wildman–Crippen LogP) is 2.30. The molecule has 1 aromatic carbocycles. The van der Waals surface area contributed by atoms with E-state index >= 15 is 0 Å². The third-order valence-corrected chi connectivity index (χ3v) is 2.83. The molecule has 17 heavy (non-hydrogen) atoms. The van der Waals surface area contributed by atoms with Gasteiger partial charge in [0.2, 0.25) is 0 Å². The Kier molecular flexibility index (Phi) is 5.37. The van der Waals surface area contributed by atoms with Crippen molar-refractivity contribution in [2.24, 2.45) is 0 Å². The first-order valence-electron chi connectivity index (χ1n) is 4.93. The highest BCUT2D eigenvalue weighted by Gasteiger charge is 2.07. The number of benzene rings is 1. The number of halogens is 1. The van der Waals surface area contributed by atoms with Crippen LogP contribution in [-0.4, -0.2) is 29.1 Å². The molecule has 0 saturated carbocycles. The fraction of sp³-hybridized carbons (Fsp3) is 0.250. The summed E-state index contributed by atoms with van der Waals surface area (Å²) in [6.07, 6.45) is 5.08. The Balaban J connectivity index is 2.50. The second-order valence-corrected chi connectivity index (χ2v) is 4.29. The lowest BCUT2D eigenvalue weighted by atomic mass is 10.2. The van der Waals surface area contributed by atoms with Crippen LogP contribution >= 0.6 is 11.8 Å². The van der Waals surface area contributed by atoms with Crippen LogP contribution in [0.1, 0.15) is 10.4 Å². The number of carboxylic acids is 1. The number of carboxylic acid groups (broad SMARTS) is 1. The van der Waals surface area contributed by atoms with Crippen molar-refractivity contribution < 1.29 is 14.3 Å². The molecule has 0 bridgehead atoms. The predicted molar refractivity (Wildman–Crippen MR) is 68.0 cm³/mol. The van der Waals surface area contributed by atoms with Gasteiger partial charge in [-0.25, -0.2) is 9.18 Å². The number of rotatable bonds is 6. The van der Waals surface area contributed by atoms with E-state index in [9.17, 15) is 9.18 Å². The van der Waals surface area contributed by atoms with E-state index in [1.807, 2.05) is 0 Å². The summed E-state index contributed by atoms with van der Waals surface area (Å²) >= 11 is 1.57. The Morgan fingerprint density at radius 1 is 1.59 bits per heavy atom. The summed E-state index contributed by atoms with van der Waals surface area (Å²) in [7, 11) is 0. The van der Waals surface area contributed by atoms with Gasteiger partial charge in [-0.3, -0.25) is 0 Å². The number of carbonyl (C=O) groups is 1. The van der Waals surface area contributed by atoms with Crippen LogP contribution in [0.5, 0.6) is 0 Å². The van der Waals surface area contributed by atoms with E-state index in [-0.39, 0.29) is 5.56 Å². The van der Waals surface area contributed by atoms with Gasteiger partial charge in [-0.15, -0.1) is 18.2 Å². The Morgan fingerprint density at radius 2 is 2.35 bits per heavy atom. The Labute approximate surface area is 103 Å². The maximum atomic E-state index is 13.4. The molecule has 0 aliphatic carbocycles. The van der Waals surface area contributed by atoms with Gasteiger partial charge in [-0.05, 0) is 18.2 Å². The molecule has 90 valence electrons. The zero-order valence-corrected chi connectivity index (χ0v) is 9.89. The third-order valence-electron chi connectivity index (χ3n) is 1.96. The van der Waals surface area contributed by atoms with Crippen molar-refractivity contribution in [3.63, 3.8) is 0 Å². The molecule has 1 aromatic rings. The fourth-order valence-corrected chi connectivity index (χ4v) is 1.69. The lowest BCUT2D eigenvalue weighted by molar-refractivity contribution is 0.0696. The summed E-state index contributed by atoms with van der Waals surface area (Å²) < 4.78 is 13.4. The van der Waals surface area contributed by atoms with Crippen LogP contribution < -0.4 is 5.32 Å². The molecular formula is C12H12FNO2S. The zero-order chi connectivity index (χ0) is 12.7. The standard InChI is InChI=1S/C12H12FNO2S/c1-2-6-17-7-5-14-11-4-3-9(12(15)16)8-10(11)13/h1,3-4,8,14H,5-7H2,(H,15,16). The van der Waals surface area contributed by atoms with E-state index in [4.69, 9.17) is 11.5 Å². The van der Waals surface area contributed by atoms with Gasteiger partial charge in [0.05, 0.1) is 17.0 Å². The van der Waals surface area contributed by atoms with Crippen LogP contribution in [0, 0.1) is 18.2 Å². The highest BCUT2D eigenvalue weighted by atomic mass is 32.2. The first-order valence-corrected chi connectivity index (χ1v) is 6.08. The van der Waals surface area contributed by atoms with Gasteiger partial charge in [-0.1, -0.05) is 5.92 Å². The molecule has 0 aliphatic rings. The molecular weight excluding hydrogens is 241 g/mol. The molecule has 0 fully saturated rings. The summed E-state index contributed by atoms with van der Waals surface area (Å²) in [5, 5.41) is 11.5. The lowest BCUT2D eigenvalue weighted by Crippen LogP contribution is -2.07. The fourth-order valence-electron chi connectivity index (χ4n) is 1.18. The molecule has 3 nitrogen and oxygen atoms in total. The molecule has 0 radical (unpaired) electrons. The molecule has 0 unspecified atom stereocenters. The zero-order valence-electron chi connectivity index (χ0n) is 9.07. The first kappa shape index (κ1) is 13.4. The number of aromatic carboxylic acids is 1. The molecule has 0 amide bonds. The second-order valence-electron chi connectivity index (χ2n) is 3.18. The van der Waals surface area contributed by atoms with Gasteiger partial charge in [0.1, 0.15) is 5.82 Å². The van der Waals surface area contributed by atoms with Gasteiger partial charge in [0, 0.05) is 12.3 Å². The largest absolute Gasteiger partial charge is 0.478 e. The molecule has 0 aliphatic heterocycles. The molecule has 0 heterocycles. The van der Waals surface area contributed by atoms with E-state index in [0.717, 1.165) is 11.8 Å². The minimum atomic E-state index is -1.14. The van der Waals surface area contributed by atoms with Gasteiger partial charge < -0.3 is 10.4 Å². The topological polar surface area (TPSA) is 49.3 Å². The third kappa shape index (κ3) is 4.37. The Hall–Kier alpha value is -1.67. The molecule has 0 aromatic heterocycles. The van der Waals surface area contributed by atoms with Gasteiger partial charge >= 0.3 is 5.97 Å². The summed E-state index contributed by atoms with van der Waals surface area (Å²) in [6.45, 7) is 0.579. The number of nitrogens with one attached hydrogen (secondary N) is 1. The number of anilines is 1. The number of terminal acetylenes is 1. The average molecular weight is 253 g/mol. The molecule has 1 rings (SSSR count). The van der Waals surface area contributed by atoms with Crippen molar-refractivity contribution in [2.45, 2.75) is 0 Å². The lowest BCUT2D eigenvalue weighted by Gasteiger charge is -2.07. The minimum absolute atomic E-state index is 0.0604. The summed E-state index contributed by atoms with van der Waals surface area (Å²) in [4.78, 5) is 10.6. The maximum Gasteiger partial charge on any atom is 0.335 e. The quantitative estimate of drug-likeness (QED) is 0.603. The van der Waals surface area contributed by atoms with Gasteiger partial charge in [0.25, 0.3) is 0 Å². The molecule has 0 atom stereocenters. The van der Waals surface area contributed by atoms with Gasteiger partial charge in [0.15, 0.2) is 0 Å². The average Bonchev–Trinajstić information content (AvgIpc) is 2.30. The Bertz CT molecular complexity index is 443. The summed E-state index contributed by atoms with van der Waals surface area (Å²) in [6, 6.07) is 3.78. The van der Waals surface area contributed by atoms with Crippen molar-refractivity contribution >= 4 is 23.4 Å². The van der Waals surface area contributed by atoms with Crippen LogP contribution in [0.25, 0.3) is 0 Å². The van der Waals surface area contributed by atoms with E-state index < -0.39 is 11.8 Å². The monoisotopic (exact) mass is 253 g/mol. The maximum absolute atomic E-state index is 13.4. The van der Waals surface area contributed by atoms with Crippen LogP contribution in [0.2, 0.25) is 0 Å². The van der Waals surface area contributed by atoms with Crippen molar-refractivity contribution in [1.29, 1.82) is 0 Å². The summed E-state index contributed by atoms with van der Waals surface area (Å²) in [5.74, 6) is 2.19. The highest BCUT2D eigenvalue weighted by molar-refractivity contribution is 7.99.